The standard InChI is InChI=1S/C14H19N3O3.ClH/c1-10-6-7-16(13(8-10)9-15)14(18)11-2-4-12(5-3-11)17(19)20;/h2-5,10,13H,6-9,15H2,1H3;1H. The molecule has 0 aromatic heterocycles. The van der Waals surface area contributed by atoms with Crippen LogP contribution in [-0.4, -0.2) is 34.9 Å². The van der Waals surface area contributed by atoms with Crippen molar-refractivity contribution in [3.63, 3.8) is 0 Å². The first kappa shape index (κ1) is 17.4. The van der Waals surface area contributed by atoms with Crippen LogP contribution >= 0.6 is 12.4 Å². The number of hydrogen-bond donors (Lipinski definition) is 1. The summed E-state index contributed by atoms with van der Waals surface area (Å²) in [6.07, 6.45) is 1.88. The van der Waals surface area contributed by atoms with Crippen LogP contribution in [0.5, 0.6) is 0 Å². The molecule has 1 heterocycles. The molecule has 2 atom stereocenters. The maximum atomic E-state index is 12.5. The Morgan fingerprint density at radius 1 is 1.43 bits per heavy atom. The normalized spacial score (nSPS) is 21.5. The molecule has 2 rings (SSSR count). The van der Waals surface area contributed by atoms with Crippen LogP contribution in [0.25, 0.3) is 0 Å². The van der Waals surface area contributed by atoms with E-state index in [0.29, 0.717) is 24.6 Å². The molecule has 2 N–H and O–H groups in total. The molecule has 1 aromatic carbocycles. The Morgan fingerprint density at radius 3 is 2.57 bits per heavy atom. The molecule has 0 radical (unpaired) electrons. The van der Waals surface area contributed by atoms with E-state index in [1.165, 1.54) is 24.3 Å². The fourth-order valence-electron chi connectivity index (χ4n) is 2.63. The average Bonchev–Trinajstić information content (AvgIpc) is 2.46. The lowest BCUT2D eigenvalue weighted by Crippen LogP contribution is -2.49. The highest BCUT2D eigenvalue weighted by atomic mass is 35.5. The number of nitrogens with zero attached hydrogens (tertiary/aromatic N) is 2. The van der Waals surface area contributed by atoms with Crippen LogP contribution in [0.4, 0.5) is 5.69 Å². The Morgan fingerprint density at radius 2 is 2.05 bits per heavy atom. The number of nitro groups is 1. The van der Waals surface area contributed by atoms with Gasteiger partial charge >= 0.3 is 0 Å². The highest BCUT2D eigenvalue weighted by molar-refractivity contribution is 5.94. The zero-order valence-electron chi connectivity index (χ0n) is 11.9. The lowest BCUT2D eigenvalue weighted by atomic mass is 9.92. The van der Waals surface area contributed by atoms with Crippen LogP contribution in [0.15, 0.2) is 24.3 Å². The van der Waals surface area contributed by atoms with Crippen LogP contribution < -0.4 is 5.73 Å². The zero-order valence-corrected chi connectivity index (χ0v) is 12.7. The SMILES string of the molecule is CC1CCN(C(=O)c2ccc([N+](=O)[O-])cc2)C(CN)C1.Cl. The first-order valence-corrected chi connectivity index (χ1v) is 6.78. The van der Waals surface area contributed by atoms with Crippen LogP contribution in [-0.2, 0) is 0 Å². The third kappa shape index (κ3) is 3.92. The van der Waals surface area contributed by atoms with Crippen molar-refractivity contribution < 1.29 is 9.72 Å². The van der Waals surface area contributed by atoms with E-state index < -0.39 is 4.92 Å². The second-order valence-corrected chi connectivity index (χ2v) is 5.32. The monoisotopic (exact) mass is 313 g/mol. The maximum Gasteiger partial charge on any atom is 0.269 e. The summed E-state index contributed by atoms with van der Waals surface area (Å²) in [5.41, 5.74) is 6.22. The van der Waals surface area contributed by atoms with Gasteiger partial charge in [0.2, 0.25) is 0 Å². The van der Waals surface area contributed by atoms with Crippen molar-refractivity contribution in [2.24, 2.45) is 11.7 Å². The number of non-ortho nitro benzene ring substituents is 1. The number of likely N-dealkylation sites (tertiary alicyclic amines) is 1. The first-order chi connectivity index (χ1) is 9.52. The number of amides is 1. The summed E-state index contributed by atoms with van der Waals surface area (Å²) < 4.78 is 0. The predicted octanol–water partition coefficient (Wildman–Crippen LogP) is 2.22. The van der Waals surface area contributed by atoms with Crippen molar-refractivity contribution in [3.05, 3.63) is 39.9 Å². The molecular weight excluding hydrogens is 294 g/mol. The van der Waals surface area contributed by atoms with Gasteiger partial charge in [-0.05, 0) is 30.9 Å². The quantitative estimate of drug-likeness (QED) is 0.684. The van der Waals surface area contributed by atoms with Crippen LogP contribution in [0.3, 0.4) is 0 Å². The molecule has 0 saturated carbocycles. The number of halogens is 1. The highest BCUT2D eigenvalue weighted by Crippen LogP contribution is 2.24. The maximum absolute atomic E-state index is 12.5. The number of carbonyl (C=O) groups is 1. The van der Waals surface area contributed by atoms with Gasteiger partial charge in [0.05, 0.1) is 4.92 Å². The molecule has 1 fully saturated rings. The van der Waals surface area contributed by atoms with Crippen molar-refractivity contribution in [2.75, 3.05) is 13.1 Å². The topological polar surface area (TPSA) is 89.5 Å². The van der Waals surface area contributed by atoms with Gasteiger partial charge in [-0.15, -0.1) is 12.4 Å². The molecule has 6 nitrogen and oxygen atoms in total. The van der Waals surface area contributed by atoms with Crippen molar-refractivity contribution in [3.8, 4) is 0 Å². The molecule has 1 aromatic rings. The molecule has 1 amide bonds. The smallest absolute Gasteiger partial charge is 0.269 e. The fourth-order valence-corrected chi connectivity index (χ4v) is 2.63. The van der Waals surface area contributed by atoms with Crippen molar-refractivity contribution in [2.45, 2.75) is 25.8 Å². The summed E-state index contributed by atoms with van der Waals surface area (Å²) in [4.78, 5) is 24.4. The summed E-state index contributed by atoms with van der Waals surface area (Å²) in [6, 6.07) is 5.79. The van der Waals surface area contributed by atoms with Gasteiger partial charge in [-0.1, -0.05) is 6.92 Å². The number of hydrogen-bond acceptors (Lipinski definition) is 4. The van der Waals surface area contributed by atoms with Gasteiger partial charge in [-0.2, -0.15) is 0 Å². The third-order valence-electron chi connectivity index (χ3n) is 3.84. The second kappa shape index (κ2) is 7.38. The summed E-state index contributed by atoms with van der Waals surface area (Å²) in [6.45, 7) is 3.30. The Labute approximate surface area is 129 Å². The molecule has 0 aliphatic carbocycles. The highest BCUT2D eigenvalue weighted by Gasteiger charge is 2.29. The van der Waals surface area contributed by atoms with E-state index in [9.17, 15) is 14.9 Å². The molecule has 1 aliphatic heterocycles. The summed E-state index contributed by atoms with van der Waals surface area (Å²) in [5.74, 6) is 0.478. The fraction of sp³-hybridized carbons (Fsp3) is 0.500. The minimum atomic E-state index is -0.473. The third-order valence-corrected chi connectivity index (χ3v) is 3.84. The van der Waals surface area contributed by atoms with Crippen LogP contribution in [0.1, 0.15) is 30.1 Å². The van der Waals surface area contributed by atoms with E-state index >= 15 is 0 Å². The predicted molar refractivity (Wildman–Crippen MR) is 82.6 cm³/mol. The lowest BCUT2D eigenvalue weighted by Gasteiger charge is -2.38. The number of nitrogens with two attached hydrogens (primary N) is 1. The van der Waals surface area contributed by atoms with Crippen LogP contribution in [0.2, 0.25) is 0 Å². The summed E-state index contributed by atoms with van der Waals surface area (Å²) in [5, 5.41) is 10.6. The van der Waals surface area contributed by atoms with Gasteiger partial charge in [0.15, 0.2) is 0 Å². The zero-order chi connectivity index (χ0) is 14.7. The average molecular weight is 314 g/mol. The van der Waals surface area contributed by atoms with E-state index in [2.05, 4.69) is 6.92 Å². The van der Waals surface area contributed by atoms with Crippen molar-refractivity contribution in [1.82, 2.24) is 4.90 Å². The molecule has 7 heteroatoms. The van der Waals surface area contributed by atoms with Gasteiger partial charge < -0.3 is 10.6 Å². The van der Waals surface area contributed by atoms with Crippen LogP contribution in [0, 0.1) is 16.0 Å². The number of piperidine rings is 1. The number of carbonyl (C=O) groups excluding carboxylic acids is 1. The Kier molecular flexibility index (Phi) is 6.11. The molecule has 0 bridgehead atoms. The van der Waals surface area contributed by atoms with E-state index in [4.69, 9.17) is 5.73 Å². The first-order valence-electron chi connectivity index (χ1n) is 6.78. The van der Waals surface area contributed by atoms with Crippen molar-refractivity contribution >= 4 is 24.0 Å². The molecule has 2 unspecified atom stereocenters. The molecule has 116 valence electrons. The second-order valence-electron chi connectivity index (χ2n) is 5.32. The van der Waals surface area contributed by atoms with Gasteiger partial charge in [0.1, 0.15) is 0 Å². The van der Waals surface area contributed by atoms with Gasteiger partial charge in [0.25, 0.3) is 11.6 Å². The summed E-state index contributed by atoms with van der Waals surface area (Å²) >= 11 is 0. The molecule has 1 saturated heterocycles. The number of rotatable bonds is 3. The Balaban J connectivity index is 0.00000220. The van der Waals surface area contributed by atoms with E-state index in [1.807, 2.05) is 0 Å². The molecule has 1 aliphatic rings. The van der Waals surface area contributed by atoms with Crippen molar-refractivity contribution in [1.29, 1.82) is 0 Å². The minimum absolute atomic E-state index is 0. The van der Waals surface area contributed by atoms with Gasteiger partial charge in [0, 0.05) is 36.8 Å². The van der Waals surface area contributed by atoms with Gasteiger partial charge in [-0.3, -0.25) is 14.9 Å². The number of nitro benzene ring substituents is 1. The van der Waals surface area contributed by atoms with E-state index in [1.54, 1.807) is 4.90 Å². The lowest BCUT2D eigenvalue weighted by molar-refractivity contribution is -0.384. The molecule has 0 spiro atoms. The van der Waals surface area contributed by atoms with Gasteiger partial charge in [-0.25, -0.2) is 0 Å². The largest absolute Gasteiger partial charge is 0.334 e. The Bertz CT molecular complexity index is 507. The summed E-state index contributed by atoms with van der Waals surface area (Å²) in [7, 11) is 0. The molecule has 21 heavy (non-hydrogen) atoms. The minimum Gasteiger partial charge on any atom is -0.334 e. The number of benzene rings is 1. The van der Waals surface area contributed by atoms with E-state index in [0.717, 1.165) is 12.8 Å². The van der Waals surface area contributed by atoms with E-state index in [-0.39, 0.29) is 30.0 Å². The molecular formula is C14H20ClN3O3. The Hall–Kier alpha value is -1.66.